The monoisotopic (exact) mass is 432 g/mol. The van der Waals surface area contributed by atoms with Crippen molar-refractivity contribution in [2.75, 3.05) is 0 Å². The Hall–Kier alpha value is -3.22. The van der Waals surface area contributed by atoms with E-state index in [0.717, 1.165) is 0 Å². The number of nitrogens with one attached hydrogen (secondary N) is 3. The molecule has 13 heteroatoms. The molecule has 30 heavy (non-hydrogen) atoms. The molecule has 0 aliphatic carbocycles. The fourth-order valence-electron chi connectivity index (χ4n) is 2.24. The fourth-order valence-corrected chi connectivity index (χ4v) is 2.24. The van der Waals surface area contributed by atoms with E-state index in [2.05, 4.69) is 16.0 Å². The molecule has 0 aromatic rings. The molecule has 0 rings (SSSR count). The van der Waals surface area contributed by atoms with Crippen molar-refractivity contribution in [3.05, 3.63) is 0 Å². The lowest BCUT2D eigenvalue weighted by Crippen LogP contribution is -2.57. The number of amides is 3. The van der Waals surface area contributed by atoms with Gasteiger partial charge in [0.05, 0.1) is 12.5 Å². The number of carboxylic acid groups (broad SMARTS) is 3. The first-order chi connectivity index (χ1) is 13.8. The van der Waals surface area contributed by atoms with E-state index in [0.29, 0.717) is 0 Å². The standard InChI is InChI=1S/C17H28N4O9/c1-7(2)13(17(29)30)21-14(26)8(3)19-16(28)10(6-12(24)25)20-15(27)9(18)4-5-11(22)23/h7-10,13H,4-6,18H2,1-3H3,(H,19,28)(H,20,27)(H,21,26)(H,22,23)(H,24,25)(H,29,30). The SMILES string of the molecule is CC(NC(=O)C(CC(=O)O)NC(=O)C(N)CCC(=O)O)C(=O)NC(C(=O)O)C(C)C. The van der Waals surface area contributed by atoms with Crippen molar-refractivity contribution in [3.63, 3.8) is 0 Å². The highest BCUT2D eigenvalue weighted by atomic mass is 16.4. The van der Waals surface area contributed by atoms with Gasteiger partial charge in [-0.1, -0.05) is 13.8 Å². The Morgan fingerprint density at radius 2 is 1.37 bits per heavy atom. The molecular weight excluding hydrogens is 404 g/mol. The third-order valence-corrected chi connectivity index (χ3v) is 4.00. The summed E-state index contributed by atoms with van der Waals surface area (Å²) in [6.07, 6.45) is -1.45. The molecule has 0 spiro atoms. The minimum Gasteiger partial charge on any atom is -0.481 e. The lowest BCUT2D eigenvalue weighted by atomic mass is 10.0. The molecule has 8 N–H and O–H groups in total. The summed E-state index contributed by atoms with van der Waals surface area (Å²) in [4.78, 5) is 69.2. The van der Waals surface area contributed by atoms with Gasteiger partial charge in [-0.3, -0.25) is 24.0 Å². The van der Waals surface area contributed by atoms with E-state index in [4.69, 9.17) is 21.1 Å². The van der Waals surface area contributed by atoms with E-state index in [1.165, 1.54) is 6.92 Å². The minimum absolute atomic E-state index is 0.229. The molecule has 170 valence electrons. The zero-order valence-electron chi connectivity index (χ0n) is 16.9. The van der Waals surface area contributed by atoms with Crippen LogP contribution in [0.5, 0.6) is 0 Å². The van der Waals surface area contributed by atoms with Crippen LogP contribution in [-0.2, 0) is 28.8 Å². The Morgan fingerprint density at radius 1 is 0.800 bits per heavy atom. The third kappa shape index (κ3) is 9.82. The molecule has 0 saturated carbocycles. The smallest absolute Gasteiger partial charge is 0.326 e. The molecule has 0 aromatic carbocycles. The Morgan fingerprint density at radius 3 is 1.80 bits per heavy atom. The normalized spacial score (nSPS) is 14.7. The Labute approximate surface area is 172 Å². The van der Waals surface area contributed by atoms with E-state index in [9.17, 15) is 28.8 Å². The summed E-state index contributed by atoms with van der Waals surface area (Å²) in [6, 6.07) is -5.29. The van der Waals surface area contributed by atoms with Crippen LogP contribution >= 0.6 is 0 Å². The summed E-state index contributed by atoms with van der Waals surface area (Å²) in [5, 5.41) is 33.3. The third-order valence-electron chi connectivity index (χ3n) is 4.00. The highest BCUT2D eigenvalue weighted by Gasteiger charge is 2.30. The summed E-state index contributed by atoms with van der Waals surface area (Å²) < 4.78 is 0. The summed E-state index contributed by atoms with van der Waals surface area (Å²) in [5.74, 6) is -7.04. The second-order valence-electron chi connectivity index (χ2n) is 7.00. The molecule has 0 saturated heterocycles. The van der Waals surface area contributed by atoms with Crippen LogP contribution in [0.4, 0.5) is 0 Å². The number of carboxylic acids is 3. The lowest BCUT2D eigenvalue weighted by molar-refractivity contribution is -0.144. The van der Waals surface area contributed by atoms with Gasteiger partial charge in [-0.2, -0.15) is 0 Å². The first-order valence-electron chi connectivity index (χ1n) is 9.09. The van der Waals surface area contributed by atoms with Gasteiger partial charge in [0.15, 0.2) is 0 Å². The molecule has 0 aliphatic rings. The molecular formula is C17H28N4O9. The van der Waals surface area contributed by atoms with Crippen LogP contribution in [0.25, 0.3) is 0 Å². The first kappa shape index (κ1) is 26.8. The average Bonchev–Trinajstić information content (AvgIpc) is 2.61. The van der Waals surface area contributed by atoms with Crippen molar-refractivity contribution >= 4 is 35.6 Å². The van der Waals surface area contributed by atoms with Crippen LogP contribution in [0.1, 0.15) is 40.0 Å². The quantitative estimate of drug-likeness (QED) is 0.167. The van der Waals surface area contributed by atoms with Crippen LogP contribution in [0.2, 0.25) is 0 Å². The zero-order chi connectivity index (χ0) is 23.6. The highest BCUT2D eigenvalue weighted by molar-refractivity contribution is 5.95. The predicted octanol–water partition coefficient (Wildman–Crippen LogP) is -2.13. The second kappa shape index (κ2) is 12.4. The molecule has 3 amide bonds. The van der Waals surface area contributed by atoms with Gasteiger partial charge < -0.3 is 37.0 Å². The Bertz CT molecular complexity index is 680. The van der Waals surface area contributed by atoms with Crippen molar-refractivity contribution < 1.29 is 44.1 Å². The maximum Gasteiger partial charge on any atom is 0.326 e. The van der Waals surface area contributed by atoms with Crippen molar-refractivity contribution in [3.8, 4) is 0 Å². The largest absolute Gasteiger partial charge is 0.481 e. The van der Waals surface area contributed by atoms with E-state index < -0.39 is 78.6 Å². The van der Waals surface area contributed by atoms with Crippen LogP contribution < -0.4 is 21.7 Å². The van der Waals surface area contributed by atoms with Crippen molar-refractivity contribution in [2.45, 2.75) is 64.2 Å². The van der Waals surface area contributed by atoms with Gasteiger partial charge >= 0.3 is 17.9 Å². The highest BCUT2D eigenvalue weighted by Crippen LogP contribution is 2.03. The van der Waals surface area contributed by atoms with Gasteiger partial charge in [-0.05, 0) is 19.3 Å². The van der Waals surface area contributed by atoms with E-state index >= 15 is 0 Å². The predicted molar refractivity (Wildman–Crippen MR) is 101 cm³/mol. The van der Waals surface area contributed by atoms with Crippen molar-refractivity contribution in [2.24, 2.45) is 11.7 Å². The summed E-state index contributed by atoms with van der Waals surface area (Å²) in [7, 11) is 0. The Balaban J connectivity index is 5.07. The number of carbonyl (C=O) groups excluding carboxylic acids is 3. The van der Waals surface area contributed by atoms with Gasteiger partial charge in [-0.15, -0.1) is 0 Å². The summed E-state index contributed by atoms with van der Waals surface area (Å²) >= 11 is 0. The summed E-state index contributed by atoms with van der Waals surface area (Å²) in [5.41, 5.74) is 5.53. The maximum absolute atomic E-state index is 12.4. The molecule has 0 aromatic heterocycles. The molecule has 0 aliphatic heterocycles. The molecule has 0 radical (unpaired) electrons. The van der Waals surface area contributed by atoms with Gasteiger partial charge in [0.25, 0.3) is 0 Å². The lowest BCUT2D eigenvalue weighted by Gasteiger charge is -2.23. The molecule has 0 heterocycles. The number of aliphatic carboxylic acids is 3. The van der Waals surface area contributed by atoms with Gasteiger partial charge in [0.2, 0.25) is 17.7 Å². The number of nitrogens with two attached hydrogens (primary N) is 1. The maximum atomic E-state index is 12.4. The molecule has 0 bridgehead atoms. The zero-order valence-corrected chi connectivity index (χ0v) is 16.9. The number of carbonyl (C=O) groups is 6. The van der Waals surface area contributed by atoms with E-state index in [-0.39, 0.29) is 6.42 Å². The van der Waals surface area contributed by atoms with Gasteiger partial charge in [-0.25, -0.2) is 4.79 Å². The Kier molecular flexibility index (Phi) is 11.0. The second-order valence-corrected chi connectivity index (χ2v) is 7.00. The number of rotatable bonds is 13. The van der Waals surface area contributed by atoms with Crippen LogP contribution in [0, 0.1) is 5.92 Å². The van der Waals surface area contributed by atoms with E-state index in [1.54, 1.807) is 13.8 Å². The van der Waals surface area contributed by atoms with Crippen LogP contribution in [0.15, 0.2) is 0 Å². The molecule has 4 unspecified atom stereocenters. The fraction of sp³-hybridized carbons (Fsp3) is 0.647. The topological polar surface area (TPSA) is 225 Å². The van der Waals surface area contributed by atoms with Gasteiger partial charge in [0.1, 0.15) is 18.1 Å². The van der Waals surface area contributed by atoms with Crippen LogP contribution in [0.3, 0.4) is 0 Å². The van der Waals surface area contributed by atoms with E-state index in [1.807, 2.05) is 0 Å². The molecule has 0 fully saturated rings. The number of hydrogen-bond acceptors (Lipinski definition) is 7. The van der Waals surface area contributed by atoms with Crippen molar-refractivity contribution in [1.82, 2.24) is 16.0 Å². The van der Waals surface area contributed by atoms with Crippen LogP contribution in [-0.4, -0.2) is 75.1 Å². The first-order valence-corrected chi connectivity index (χ1v) is 9.09. The van der Waals surface area contributed by atoms with Gasteiger partial charge in [0, 0.05) is 6.42 Å². The number of hydrogen-bond donors (Lipinski definition) is 7. The van der Waals surface area contributed by atoms with Crippen molar-refractivity contribution in [1.29, 1.82) is 0 Å². The summed E-state index contributed by atoms with van der Waals surface area (Å²) in [6.45, 7) is 4.41. The average molecular weight is 432 g/mol. The molecule has 4 atom stereocenters. The molecule has 13 nitrogen and oxygen atoms in total. The minimum atomic E-state index is -1.58.